The van der Waals surface area contributed by atoms with Gasteiger partial charge in [-0.1, -0.05) is 55.1 Å². The van der Waals surface area contributed by atoms with Crippen LogP contribution in [0.2, 0.25) is 0 Å². The molecule has 2 aliphatic rings. The second kappa shape index (κ2) is 10.3. The number of nitrogens with one attached hydrogen (secondary N) is 1. The zero-order valence-electron chi connectivity index (χ0n) is 17.8. The standard InChI is InChI=1S/C24H32N4OS/c1-18-8-6-12-21(16-18)30-24-22(25-13-14-26-24)28-15-7-9-19(17-28)23(29)27-20-10-4-2-3-5-11-20/h6,8,12-14,16,19-20H,2-5,7,9-11,15,17H2,1H3,(H,27,29)/t19-/m0/s1. The lowest BCUT2D eigenvalue weighted by Gasteiger charge is -2.34. The summed E-state index contributed by atoms with van der Waals surface area (Å²) in [4.78, 5) is 25.7. The number of hydrogen-bond donors (Lipinski definition) is 1. The van der Waals surface area contributed by atoms with Gasteiger partial charge in [-0.2, -0.15) is 0 Å². The van der Waals surface area contributed by atoms with E-state index in [4.69, 9.17) is 0 Å². The quantitative estimate of drug-likeness (QED) is 0.685. The number of aryl methyl sites for hydroxylation is 1. The molecule has 0 bridgehead atoms. The minimum absolute atomic E-state index is 0.0285. The summed E-state index contributed by atoms with van der Waals surface area (Å²) in [5.74, 6) is 1.15. The average Bonchev–Trinajstić information content (AvgIpc) is 3.03. The number of nitrogens with zero attached hydrogens (tertiary/aromatic N) is 3. The Morgan fingerprint density at radius 1 is 1.07 bits per heavy atom. The molecule has 5 nitrogen and oxygen atoms in total. The van der Waals surface area contributed by atoms with Crippen LogP contribution in [0.15, 0.2) is 46.6 Å². The zero-order chi connectivity index (χ0) is 20.8. The number of hydrogen-bond acceptors (Lipinski definition) is 5. The van der Waals surface area contributed by atoms with Crippen LogP contribution in [-0.4, -0.2) is 35.0 Å². The van der Waals surface area contributed by atoms with Gasteiger partial charge in [-0.15, -0.1) is 0 Å². The Labute approximate surface area is 184 Å². The summed E-state index contributed by atoms with van der Waals surface area (Å²) in [6, 6.07) is 8.81. The summed E-state index contributed by atoms with van der Waals surface area (Å²) in [5.41, 5.74) is 1.23. The molecule has 0 unspecified atom stereocenters. The zero-order valence-corrected chi connectivity index (χ0v) is 18.7. The van der Waals surface area contributed by atoms with Crippen LogP contribution in [-0.2, 0) is 4.79 Å². The van der Waals surface area contributed by atoms with Crippen molar-refractivity contribution in [2.45, 2.75) is 74.3 Å². The van der Waals surface area contributed by atoms with E-state index in [1.807, 2.05) is 0 Å². The van der Waals surface area contributed by atoms with E-state index in [1.54, 1.807) is 24.2 Å². The van der Waals surface area contributed by atoms with Crippen molar-refractivity contribution >= 4 is 23.5 Å². The van der Waals surface area contributed by atoms with Crippen molar-refractivity contribution in [2.24, 2.45) is 5.92 Å². The fraction of sp³-hybridized carbons (Fsp3) is 0.542. The number of rotatable bonds is 5. The highest BCUT2D eigenvalue weighted by atomic mass is 32.2. The van der Waals surface area contributed by atoms with E-state index >= 15 is 0 Å². The first kappa shape index (κ1) is 21.2. The third-order valence-electron chi connectivity index (χ3n) is 6.14. The Morgan fingerprint density at radius 2 is 1.87 bits per heavy atom. The van der Waals surface area contributed by atoms with E-state index in [0.29, 0.717) is 6.04 Å². The summed E-state index contributed by atoms with van der Waals surface area (Å²) in [6.07, 6.45) is 12.8. The Balaban J connectivity index is 1.43. The van der Waals surface area contributed by atoms with Gasteiger partial charge >= 0.3 is 0 Å². The van der Waals surface area contributed by atoms with Gasteiger partial charge in [0.15, 0.2) is 5.82 Å². The normalized spacial score (nSPS) is 20.6. The van der Waals surface area contributed by atoms with Gasteiger partial charge in [0.2, 0.25) is 5.91 Å². The second-order valence-electron chi connectivity index (χ2n) is 8.59. The van der Waals surface area contributed by atoms with E-state index in [-0.39, 0.29) is 11.8 Å². The molecule has 1 aromatic heterocycles. The van der Waals surface area contributed by atoms with Gasteiger partial charge in [-0.25, -0.2) is 9.97 Å². The van der Waals surface area contributed by atoms with Gasteiger partial charge in [-0.05, 0) is 44.7 Å². The van der Waals surface area contributed by atoms with Crippen molar-refractivity contribution in [2.75, 3.05) is 18.0 Å². The lowest BCUT2D eigenvalue weighted by Crippen LogP contribution is -2.46. The molecular formula is C24H32N4OS. The Hall–Kier alpha value is -2.08. The number of carbonyl (C=O) groups excluding carboxylic acids is 1. The van der Waals surface area contributed by atoms with Crippen LogP contribution < -0.4 is 10.2 Å². The van der Waals surface area contributed by atoms with Gasteiger partial charge in [0.05, 0.1) is 5.92 Å². The minimum Gasteiger partial charge on any atom is -0.354 e. The van der Waals surface area contributed by atoms with Crippen LogP contribution in [0.3, 0.4) is 0 Å². The van der Waals surface area contributed by atoms with E-state index in [0.717, 1.165) is 54.5 Å². The molecule has 0 spiro atoms. The first-order valence-electron chi connectivity index (χ1n) is 11.3. The van der Waals surface area contributed by atoms with Crippen LogP contribution in [0, 0.1) is 12.8 Å². The van der Waals surface area contributed by atoms with Crippen molar-refractivity contribution < 1.29 is 4.79 Å². The minimum atomic E-state index is 0.0285. The molecule has 1 N–H and O–H groups in total. The molecule has 0 radical (unpaired) electrons. The van der Waals surface area contributed by atoms with Crippen molar-refractivity contribution in [3.05, 3.63) is 42.2 Å². The molecule has 2 fully saturated rings. The van der Waals surface area contributed by atoms with Crippen molar-refractivity contribution in [3.63, 3.8) is 0 Å². The molecule has 1 aliphatic carbocycles. The summed E-state index contributed by atoms with van der Waals surface area (Å²) < 4.78 is 0. The van der Waals surface area contributed by atoms with Crippen LogP contribution in [0.4, 0.5) is 5.82 Å². The number of aromatic nitrogens is 2. The lowest BCUT2D eigenvalue weighted by atomic mass is 9.96. The SMILES string of the molecule is Cc1cccc(Sc2nccnc2N2CCC[C@H](C(=O)NC3CCCCCC3)C2)c1. The Bertz CT molecular complexity index is 851. The molecule has 1 saturated heterocycles. The van der Waals surface area contributed by atoms with E-state index < -0.39 is 0 Å². The topological polar surface area (TPSA) is 58.1 Å². The fourth-order valence-corrected chi connectivity index (χ4v) is 5.52. The Morgan fingerprint density at radius 3 is 2.67 bits per heavy atom. The van der Waals surface area contributed by atoms with Gasteiger partial charge < -0.3 is 10.2 Å². The fourth-order valence-electron chi connectivity index (χ4n) is 4.52. The molecule has 2 aromatic rings. The molecule has 30 heavy (non-hydrogen) atoms. The van der Waals surface area contributed by atoms with Crippen molar-refractivity contribution in [1.29, 1.82) is 0 Å². The summed E-state index contributed by atoms with van der Waals surface area (Å²) >= 11 is 1.65. The maximum absolute atomic E-state index is 13.0. The van der Waals surface area contributed by atoms with Crippen molar-refractivity contribution in [3.8, 4) is 0 Å². The molecule has 160 valence electrons. The predicted molar refractivity (Wildman–Crippen MR) is 122 cm³/mol. The first-order chi connectivity index (χ1) is 14.7. The summed E-state index contributed by atoms with van der Waals surface area (Å²) in [6.45, 7) is 3.75. The van der Waals surface area contributed by atoms with Crippen LogP contribution in [0.5, 0.6) is 0 Å². The number of piperidine rings is 1. The molecule has 1 saturated carbocycles. The molecule has 6 heteroatoms. The number of amides is 1. The Kier molecular flexibility index (Phi) is 7.26. The van der Waals surface area contributed by atoms with E-state index in [1.165, 1.54) is 31.2 Å². The van der Waals surface area contributed by atoms with Crippen LogP contribution in [0.25, 0.3) is 0 Å². The van der Waals surface area contributed by atoms with E-state index in [9.17, 15) is 4.79 Å². The molecule has 2 heterocycles. The van der Waals surface area contributed by atoms with Gasteiger partial charge in [0, 0.05) is 36.4 Å². The van der Waals surface area contributed by atoms with Gasteiger partial charge in [-0.3, -0.25) is 4.79 Å². The maximum atomic E-state index is 13.0. The highest BCUT2D eigenvalue weighted by molar-refractivity contribution is 7.99. The third kappa shape index (κ3) is 5.54. The molecule has 1 atom stereocenters. The second-order valence-corrected chi connectivity index (χ2v) is 9.65. The highest BCUT2D eigenvalue weighted by Gasteiger charge is 2.29. The monoisotopic (exact) mass is 424 g/mol. The smallest absolute Gasteiger partial charge is 0.225 e. The molecule has 4 rings (SSSR count). The lowest BCUT2D eigenvalue weighted by molar-refractivity contribution is -0.126. The summed E-state index contributed by atoms with van der Waals surface area (Å²) in [5, 5.41) is 4.26. The van der Waals surface area contributed by atoms with Gasteiger partial charge in [0.25, 0.3) is 0 Å². The predicted octanol–water partition coefficient (Wildman–Crippen LogP) is 4.99. The molecule has 1 aliphatic heterocycles. The van der Waals surface area contributed by atoms with Gasteiger partial charge in [0.1, 0.15) is 5.03 Å². The first-order valence-corrected chi connectivity index (χ1v) is 12.1. The summed E-state index contributed by atoms with van der Waals surface area (Å²) in [7, 11) is 0. The third-order valence-corrected chi connectivity index (χ3v) is 7.11. The van der Waals surface area contributed by atoms with Crippen molar-refractivity contribution in [1.82, 2.24) is 15.3 Å². The van der Waals surface area contributed by atoms with E-state index in [2.05, 4.69) is 51.4 Å². The number of carbonyl (C=O) groups is 1. The molecule has 1 amide bonds. The maximum Gasteiger partial charge on any atom is 0.225 e. The average molecular weight is 425 g/mol. The van der Waals surface area contributed by atoms with Crippen LogP contribution >= 0.6 is 11.8 Å². The number of anilines is 1. The van der Waals surface area contributed by atoms with Crippen LogP contribution in [0.1, 0.15) is 56.9 Å². The largest absolute Gasteiger partial charge is 0.354 e. The molecular weight excluding hydrogens is 392 g/mol. The highest BCUT2D eigenvalue weighted by Crippen LogP contribution is 2.34. The molecule has 1 aromatic carbocycles. The number of benzene rings is 1.